The molecular weight excluding hydrogens is 436 g/mol. The lowest BCUT2D eigenvalue weighted by molar-refractivity contribution is -0.0616. The lowest BCUT2D eigenvalue weighted by atomic mass is 10.1. The normalized spacial score (nSPS) is 17.8. The number of morpholine rings is 1. The first kappa shape index (κ1) is 23.4. The summed E-state index contributed by atoms with van der Waals surface area (Å²) >= 11 is 1.76. The van der Waals surface area contributed by atoms with E-state index in [1.165, 1.54) is 24.7 Å². The number of ether oxygens (including phenoxy) is 1. The van der Waals surface area contributed by atoms with E-state index < -0.39 is 0 Å². The van der Waals surface area contributed by atoms with Gasteiger partial charge in [0.1, 0.15) is 5.39 Å². The fourth-order valence-corrected chi connectivity index (χ4v) is 4.94. The van der Waals surface area contributed by atoms with Crippen LogP contribution in [0.1, 0.15) is 33.6 Å². The van der Waals surface area contributed by atoms with Crippen molar-refractivity contribution in [1.29, 1.82) is 5.26 Å². The Morgan fingerprint density at radius 3 is 2.70 bits per heavy atom. The molecule has 1 aliphatic carbocycles. The second-order valence-electron chi connectivity index (χ2n) is 8.98. The first-order valence-corrected chi connectivity index (χ1v) is 12.0. The molecule has 174 valence electrons. The molecule has 3 aromatic rings. The Kier molecular flexibility index (Phi) is 7.08. The Labute approximate surface area is 198 Å². The first-order chi connectivity index (χ1) is 15.9. The molecule has 1 saturated heterocycles. The van der Waals surface area contributed by atoms with Gasteiger partial charge in [-0.3, -0.25) is 9.48 Å². The zero-order valence-corrected chi connectivity index (χ0v) is 20.1. The van der Waals surface area contributed by atoms with Crippen molar-refractivity contribution >= 4 is 34.4 Å². The smallest absolute Gasteiger partial charge is 0.261 e. The van der Waals surface area contributed by atoms with Crippen molar-refractivity contribution in [3.63, 3.8) is 0 Å². The van der Waals surface area contributed by atoms with Gasteiger partial charge < -0.3 is 15.0 Å². The summed E-state index contributed by atoms with van der Waals surface area (Å²) in [4.78, 5) is 16.4. The maximum atomic E-state index is 12.5. The zero-order valence-electron chi connectivity index (χ0n) is 19.3. The number of nitrogens with one attached hydrogen (secondary N) is 2. The third kappa shape index (κ3) is 5.96. The minimum absolute atomic E-state index is 0.111. The minimum Gasteiger partial charge on any atom is -0.373 e. The van der Waals surface area contributed by atoms with E-state index in [0.717, 1.165) is 37.4 Å². The first-order valence-electron chi connectivity index (χ1n) is 11.2. The Morgan fingerprint density at radius 1 is 1.30 bits per heavy atom. The molecule has 1 aliphatic heterocycles. The van der Waals surface area contributed by atoms with E-state index in [1.807, 2.05) is 22.9 Å². The zero-order chi connectivity index (χ0) is 23.4. The van der Waals surface area contributed by atoms with Crippen molar-refractivity contribution in [3.8, 4) is 6.07 Å². The standard InChI is InChI=1S/C22H27N5O2S.C2H3N/c1-22(2)14-26(11-12-29-22)30-17-7-5-16(6-8-17)24-20-19-18(9-10-23-21(19)28)27(25-20)13-15-3-4-15;1-2-3/h5-10,15H,3-4,11-14H2,1-2H3,(H,23,28)(H,24,25);1H3. The van der Waals surface area contributed by atoms with Crippen LogP contribution in [0.5, 0.6) is 0 Å². The molecule has 3 heterocycles. The predicted molar refractivity (Wildman–Crippen MR) is 132 cm³/mol. The van der Waals surface area contributed by atoms with Crippen molar-refractivity contribution in [2.45, 2.75) is 50.7 Å². The molecule has 1 saturated carbocycles. The molecule has 1 aromatic carbocycles. The molecule has 2 N–H and O–H groups in total. The minimum atomic E-state index is -0.112. The second kappa shape index (κ2) is 10.00. The summed E-state index contributed by atoms with van der Waals surface area (Å²) in [5, 5.41) is 16.0. The van der Waals surface area contributed by atoms with Crippen LogP contribution in [0.2, 0.25) is 0 Å². The molecule has 2 aliphatic rings. The van der Waals surface area contributed by atoms with Crippen LogP contribution in [0.4, 0.5) is 11.5 Å². The van der Waals surface area contributed by atoms with Gasteiger partial charge in [-0.25, -0.2) is 4.31 Å². The highest BCUT2D eigenvalue weighted by Gasteiger charge is 2.28. The van der Waals surface area contributed by atoms with Crippen molar-refractivity contribution < 1.29 is 4.74 Å². The summed E-state index contributed by atoms with van der Waals surface area (Å²) in [6.45, 7) is 9.12. The molecule has 2 aromatic heterocycles. The molecule has 0 atom stereocenters. The van der Waals surface area contributed by atoms with Crippen LogP contribution >= 0.6 is 11.9 Å². The van der Waals surface area contributed by atoms with Crippen LogP contribution < -0.4 is 10.9 Å². The molecule has 33 heavy (non-hydrogen) atoms. The number of rotatable bonds is 6. The highest BCUT2D eigenvalue weighted by molar-refractivity contribution is 7.97. The highest BCUT2D eigenvalue weighted by atomic mass is 32.2. The van der Waals surface area contributed by atoms with Gasteiger partial charge in [0, 0.05) is 43.3 Å². The topological polar surface area (TPSA) is 99.0 Å². The van der Waals surface area contributed by atoms with E-state index in [1.54, 1.807) is 24.2 Å². The SMILES string of the molecule is CC#N.CC1(C)CN(Sc2ccc(Nc3nn(CC4CC4)c4cc[nH]c(=O)c34)cc2)CCO1. The summed E-state index contributed by atoms with van der Waals surface area (Å²) in [7, 11) is 0. The largest absolute Gasteiger partial charge is 0.373 e. The lowest BCUT2D eigenvalue weighted by Gasteiger charge is -2.37. The van der Waals surface area contributed by atoms with Gasteiger partial charge in [-0.2, -0.15) is 10.4 Å². The van der Waals surface area contributed by atoms with Gasteiger partial charge in [-0.1, -0.05) is 0 Å². The molecule has 5 rings (SSSR count). The Hall–Kier alpha value is -2.80. The van der Waals surface area contributed by atoms with Crippen LogP contribution in [-0.4, -0.2) is 44.4 Å². The van der Waals surface area contributed by atoms with E-state index in [2.05, 4.69) is 40.6 Å². The van der Waals surface area contributed by atoms with E-state index >= 15 is 0 Å². The molecule has 0 radical (unpaired) electrons. The number of aromatic amines is 1. The Bertz CT molecular complexity index is 1190. The van der Waals surface area contributed by atoms with Crippen LogP contribution in [0, 0.1) is 17.2 Å². The van der Waals surface area contributed by atoms with E-state index in [4.69, 9.17) is 15.1 Å². The number of anilines is 2. The van der Waals surface area contributed by atoms with Crippen LogP contribution in [-0.2, 0) is 11.3 Å². The molecule has 0 unspecified atom stereocenters. The molecule has 0 amide bonds. The Morgan fingerprint density at radius 2 is 2.03 bits per heavy atom. The van der Waals surface area contributed by atoms with Gasteiger partial charge in [0.25, 0.3) is 5.56 Å². The molecule has 0 bridgehead atoms. The van der Waals surface area contributed by atoms with E-state index in [0.29, 0.717) is 17.1 Å². The molecule has 8 nitrogen and oxygen atoms in total. The van der Waals surface area contributed by atoms with Gasteiger partial charge in [0.2, 0.25) is 0 Å². The second-order valence-corrected chi connectivity index (χ2v) is 10.1. The van der Waals surface area contributed by atoms with Crippen molar-refractivity contribution in [1.82, 2.24) is 19.1 Å². The number of nitriles is 1. The van der Waals surface area contributed by atoms with Crippen molar-refractivity contribution in [3.05, 3.63) is 46.9 Å². The van der Waals surface area contributed by atoms with Crippen molar-refractivity contribution in [2.24, 2.45) is 5.92 Å². The highest BCUT2D eigenvalue weighted by Crippen LogP contribution is 2.33. The van der Waals surface area contributed by atoms with E-state index in [-0.39, 0.29) is 11.2 Å². The van der Waals surface area contributed by atoms with Crippen molar-refractivity contribution in [2.75, 3.05) is 25.0 Å². The quantitative estimate of drug-likeness (QED) is 0.515. The Balaban J connectivity index is 0.000000821. The monoisotopic (exact) mass is 466 g/mol. The van der Waals surface area contributed by atoms with Gasteiger partial charge >= 0.3 is 0 Å². The maximum Gasteiger partial charge on any atom is 0.261 e. The molecule has 2 fully saturated rings. The lowest BCUT2D eigenvalue weighted by Crippen LogP contribution is -2.45. The summed E-state index contributed by atoms with van der Waals surface area (Å²) in [5.74, 6) is 1.30. The van der Waals surface area contributed by atoms with Crippen LogP contribution in [0.3, 0.4) is 0 Å². The van der Waals surface area contributed by atoms with Gasteiger partial charge in [-0.15, -0.1) is 0 Å². The number of aromatic nitrogens is 3. The average Bonchev–Trinajstić information content (AvgIpc) is 3.51. The third-order valence-electron chi connectivity index (χ3n) is 5.54. The summed E-state index contributed by atoms with van der Waals surface area (Å²) in [6, 6.07) is 12.0. The molecule has 0 spiro atoms. The van der Waals surface area contributed by atoms with Gasteiger partial charge in [0.15, 0.2) is 5.82 Å². The number of benzene rings is 1. The fraction of sp³-hybridized carbons (Fsp3) is 0.458. The van der Waals surface area contributed by atoms with E-state index in [9.17, 15) is 4.79 Å². The summed E-state index contributed by atoms with van der Waals surface area (Å²) in [5.41, 5.74) is 1.58. The number of hydrogen-bond donors (Lipinski definition) is 2. The number of fused-ring (bicyclic) bond motifs is 1. The summed E-state index contributed by atoms with van der Waals surface area (Å²) in [6.07, 6.45) is 4.18. The van der Waals surface area contributed by atoms with Gasteiger partial charge in [0.05, 0.1) is 23.8 Å². The average molecular weight is 467 g/mol. The van der Waals surface area contributed by atoms with Crippen LogP contribution in [0.15, 0.2) is 46.2 Å². The third-order valence-corrected chi connectivity index (χ3v) is 6.60. The number of hydrogen-bond acceptors (Lipinski definition) is 7. The maximum absolute atomic E-state index is 12.5. The molecular formula is C24H30N6O2S. The summed E-state index contributed by atoms with van der Waals surface area (Å²) < 4.78 is 10.1. The fourth-order valence-electron chi connectivity index (χ4n) is 3.84. The van der Waals surface area contributed by atoms with Crippen LogP contribution in [0.25, 0.3) is 10.9 Å². The number of pyridine rings is 1. The number of nitrogens with zero attached hydrogens (tertiary/aromatic N) is 4. The van der Waals surface area contributed by atoms with Gasteiger partial charge in [-0.05, 0) is 74.9 Å². The molecule has 9 heteroatoms. The number of H-pyrrole nitrogens is 1. The predicted octanol–water partition coefficient (Wildman–Crippen LogP) is 4.53.